The van der Waals surface area contributed by atoms with Crippen molar-refractivity contribution in [2.24, 2.45) is 0 Å². The monoisotopic (exact) mass is 513 g/mol. The van der Waals surface area contributed by atoms with Crippen LogP contribution in [-0.4, -0.2) is 37.9 Å². The standard InChI is InChI=1S/C27H23N5O4S/c1-2-3-4-5-6-20-11-14-37-24(20)8-7-19-9-12-28-22(15-19)25-30-26(32-27(31-25)36-18-34)23-16-21(35-17-33)10-13-29-23/h9-18H,2-6H2,1H3. The maximum absolute atomic E-state index is 11.0. The van der Waals surface area contributed by atoms with E-state index in [0.29, 0.717) is 17.9 Å². The lowest BCUT2D eigenvalue weighted by atomic mass is 10.1. The smallest absolute Gasteiger partial charge is 0.328 e. The average Bonchev–Trinajstić information content (AvgIpc) is 3.38. The number of aryl methyl sites for hydroxylation is 1. The Hall–Kier alpha value is -4.49. The number of rotatable bonds is 11. The van der Waals surface area contributed by atoms with E-state index in [2.05, 4.69) is 55.1 Å². The Kier molecular flexibility index (Phi) is 8.99. The number of aromatic nitrogens is 5. The van der Waals surface area contributed by atoms with Gasteiger partial charge in [0.2, 0.25) is 0 Å². The number of hydrogen-bond acceptors (Lipinski definition) is 10. The van der Waals surface area contributed by atoms with E-state index in [1.54, 1.807) is 29.7 Å². The Labute approximate surface area is 218 Å². The van der Waals surface area contributed by atoms with Crippen LogP contribution in [0.15, 0.2) is 48.1 Å². The third kappa shape index (κ3) is 7.02. The molecule has 4 aromatic heterocycles. The summed E-state index contributed by atoms with van der Waals surface area (Å²) in [6.45, 7) is 2.73. The molecule has 10 heteroatoms. The molecule has 9 nitrogen and oxygen atoms in total. The van der Waals surface area contributed by atoms with Crippen LogP contribution in [0.4, 0.5) is 0 Å². The van der Waals surface area contributed by atoms with Gasteiger partial charge in [0, 0.05) is 24.0 Å². The van der Waals surface area contributed by atoms with E-state index in [1.807, 2.05) is 0 Å². The van der Waals surface area contributed by atoms with Crippen molar-refractivity contribution in [2.45, 2.75) is 39.0 Å². The molecule has 0 aliphatic rings. The third-order valence-electron chi connectivity index (χ3n) is 5.27. The van der Waals surface area contributed by atoms with Crippen molar-refractivity contribution in [3.63, 3.8) is 0 Å². The second-order valence-electron chi connectivity index (χ2n) is 7.84. The van der Waals surface area contributed by atoms with Gasteiger partial charge in [-0.1, -0.05) is 38.0 Å². The molecule has 0 radical (unpaired) electrons. The summed E-state index contributed by atoms with van der Waals surface area (Å²) in [6.07, 6.45) is 8.91. The van der Waals surface area contributed by atoms with Crippen LogP contribution in [0.5, 0.6) is 11.8 Å². The van der Waals surface area contributed by atoms with Crippen molar-refractivity contribution in [3.8, 4) is 46.6 Å². The molecule has 4 rings (SSSR count). The molecule has 0 atom stereocenters. The minimum atomic E-state index is -0.219. The number of unbranched alkanes of at least 4 members (excludes halogenated alkanes) is 3. The minimum absolute atomic E-state index is 0.114. The zero-order valence-corrected chi connectivity index (χ0v) is 20.9. The highest BCUT2D eigenvalue weighted by Gasteiger charge is 2.14. The summed E-state index contributed by atoms with van der Waals surface area (Å²) in [5.41, 5.74) is 2.71. The molecule has 0 aromatic carbocycles. The van der Waals surface area contributed by atoms with Crippen molar-refractivity contribution in [1.29, 1.82) is 0 Å². The summed E-state index contributed by atoms with van der Waals surface area (Å²) in [5.74, 6) is 7.03. The van der Waals surface area contributed by atoms with Crippen LogP contribution in [-0.2, 0) is 16.0 Å². The lowest BCUT2D eigenvalue weighted by molar-refractivity contribution is -0.121. The summed E-state index contributed by atoms with van der Waals surface area (Å²) in [5, 5.41) is 2.07. The summed E-state index contributed by atoms with van der Waals surface area (Å²) >= 11 is 1.63. The summed E-state index contributed by atoms with van der Waals surface area (Å²) < 4.78 is 9.75. The number of pyridine rings is 2. The van der Waals surface area contributed by atoms with E-state index < -0.39 is 0 Å². The second-order valence-corrected chi connectivity index (χ2v) is 8.75. The third-order valence-corrected chi connectivity index (χ3v) is 6.14. The largest absolute Gasteiger partial charge is 0.429 e. The molecule has 0 saturated heterocycles. The topological polar surface area (TPSA) is 117 Å². The van der Waals surface area contributed by atoms with Crippen LogP contribution in [0.3, 0.4) is 0 Å². The van der Waals surface area contributed by atoms with Crippen LogP contribution < -0.4 is 9.47 Å². The predicted octanol–water partition coefficient (Wildman–Crippen LogP) is 4.65. The zero-order chi connectivity index (χ0) is 25.9. The van der Waals surface area contributed by atoms with Gasteiger partial charge in [-0.25, -0.2) is 4.98 Å². The average molecular weight is 514 g/mol. The molecule has 186 valence electrons. The maximum Gasteiger partial charge on any atom is 0.328 e. The van der Waals surface area contributed by atoms with Gasteiger partial charge < -0.3 is 9.47 Å². The van der Waals surface area contributed by atoms with Crippen molar-refractivity contribution >= 4 is 24.3 Å². The van der Waals surface area contributed by atoms with E-state index in [-0.39, 0.29) is 29.9 Å². The molecule has 37 heavy (non-hydrogen) atoms. The van der Waals surface area contributed by atoms with E-state index in [1.165, 1.54) is 43.2 Å². The van der Waals surface area contributed by atoms with Gasteiger partial charge in [0.05, 0.1) is 4.88 Å². The van der Waals surface area contributed by atoms with Gasteiger partial charge in [-0.05, 0) is 48.1 Å². The van der Waals surface area contributed by atoms with Gasteiger partial charge in [-0.3, -0.25) is 19.6 Å². The van der Waals surface area contributed by atoms with Crippen molar-refractivity contribution in [3.05, 3.63) is 64.1 Å². The number of carbonyl (C=O) groups is 2. The quantitative estimate of drug-likeness (QED) is 0.160. The highest BCUT2D eigenvalue weighted by molar-refractivity contribution is 7.10. The van der Waals surface area contributed by atoms with Gasteiger partial charge in [0.15, 0.2) is 11.6 Å². The highest BCUT2D eigenvalue weighted by atomic mass is 32.1. The van der Waals surface area contributed by atoms with E-state index in [9.17, 15) is 9.59 Å². The number of ether oxygens (including phenoxy) is 2. The SMILES string of the molecule is CCCCCCc1ccsc1C#Cc1ccnc(-c2nc(OC=O)nc(-c3cc(OC=O)ccn3)n2)c1. The van der Waals surface area contributed by atoms with Gasteiger partial charge in [0.1, 0.15) is 17.1 Å². The molecule has 0 spiro atoms. The van der Waals surface area contributed by atoms with Crippen LogP contribution in [0.25, 0.3) is 23.0 Å². The maximum atomic E-state index is 11.0. The highest BCUT2D eigenvalue weighted by Crippen LogP contribution is 2.23. The van der Waals surface area contributed by atoms with E-state index in [4.69, 9.17) is 9.47 Å². The fourth-order valence-electron chi connectivity index (χ4n) is 3.49. The lowest BCUT2D eigenvalue weighted by Gasteiger charge is -2.06. The van der Waals surface area contributed by atoms with Gasteiger partial charge in [-0.15, -0.1) is 11.3 Å². The molecule has 0 fully saturated rings. The Morgan fingerprint density at radius 1 is 0.865 bits per heavy atom. The summed E-state index contributed by atoms with van der Waals surface area (Å²) in [4.78, 5) is 44.0. The molecule has 4 heterocycles. The molecule has 0 aliphatic heterocycles. The van der Waals surface area contributed by atoms with E-state index >= 15 is 0 Å². The van der Waals surface area contributed by atoms with Gasteiger partial charge >= 0.3 is 12.5 Å². The Morgan fingerprint density at radius 3 is 2.38 bits per heavy atom. The fourth-order valence-corrected chi connectivity index (χ4v) is 4.29. The minimum Gasteiger partial charge on any atom is -0.429 e. The normalized spacial score (nSPS) is 10.3. The van der Waals surface area contributed by atoms with Crippen LogP contribution in [0.1, 0.15) is 48.6 Å². The molecule has 0 aliphatic carbocycles. The van der Waals surface area contributed by atoms with Gasteiger partial charge in [-0.2, -0.15) is 9.97 Å². The molecule has 0 saturated carbocycles. The molecule has 4 aromatic rings. The number of hydrogen-bond donors (Lipinski definition) is 0. The molecular weight excluding hydrogens is 490 g/mol. The molecular formula is C27H23N5O4S. The predicted molar refractivity (Wildman–Crippen MR) is 138 cm³/mol. The molecule has 0 unspecified atom stereocenters. The van der Waals surface area contributed by atoms with Gasteiger partial charge in [0.25, 0.3) is 6.47 Å². The van der Waals surface area contributed by atoms with Crippen molar-refractivity contribution in [1.82, 2.24) is 24.9 Å². The van der Waals surface area contributed by atoms with Crippen LogP contribution in [0.2, 0.25) is 0 Å². The first-order valence-electron chi connectivity index (χ1n) is 11.7. The van der Waals surface area contributed by atoms with Crippen LogP contribution in [0, 0.1) is 11.8 Å². The first-order chi connectivity index (χ1) is 18.2. The Balaban J connectivity index is 1.62. The molecule has 0 amide bonds. The van der Waals surface area contributed by atoms with Crippen molar-refractivity contribution in [2.75, 3.05) is 0 Å². The number of thiophene rings is 1. The lowest BCUT2D eigenvalue weighted by Crippen LogP contribution is -2.04. The first-order valence-corrected chi connectivity index (χ1v) is 12.6. The van der Waals surface area contributed by atoms with Crippen molar-refractivity contribution < 1.29 is 19.1 Å². The first kappa shape index (κ1) is 25.6. The van der Waals surface area contributed by atoms with E-state index in [0.717, 1.165) is 23.3 Å². The number of carbonyl (C=O) groups excluding carboxylic acids is 2. The summed E-state index contributed by atoms with van der Waals surface area (Å²) in [7, 11) is 0. The number of nitrogens with zero attached hydrogens (tertiary/aromatic N) is 5. The molecule has 0 bridgehead atoms. The van der Waals surface area contributed by atoms with Crippen LogP contribution >= 0.6 is 11.3 Å². The Bertz CT molecular complexity index is 1440. The fraction of sp³-hybridized carbons (Fsp3) is 0.222. The second kappa shape index (κ2) is 13.0. The zero-order valence-electron chi connectivity index (χ0n) is 20.1. The Morgan fingerprint density at radius 2 is 1.62 bits per heavy atom. The summed E-state index contributed by atoms with van der Waals surface area (Å²) in [6, 6.07) is 8.47. The molecule has 0 N–H and O–H groups in total.